The van der Waals surface area contributed by atoms with Crippen molar-refractivity contribution in [3.8, 4) is 6.07 Å². The molecule has 0 spiro atoms. The number of allylic oxidation sites excluding steroid dienone is 1. The smallest absolute Gasteiger partial charge is 0.215 e. The Morgan fingerprint density at radius 1 is 1.32 bits per heavy atom. The first-order chi connectivity index (χ1) is 10.1. The van der Waals surface area contributed by atoms with Crippen LogP contribution in [0.5, 0.6) is 0 Å². The Morgan fingerprint density at radius 3 is 2.32 bits per heavy atom. The van der Waals surface area contributed by atoms with Crippen LogP contribution in [0.1, 0.15) is 59.7 Å². The first kappa shape index (κ1) is 17.8. The van der Waals surface area contributed by atoms with Crippen molar-refractivity contribution in [3.05, 3.63) is 28.5 Å². The molecule has 118 valence electrons. The van der Waals surface area contributed by atoms with Crippen molar-refractivity contribution in [2.45, 2.75) is 59.9 Å². The number of nitrogens with zero attached hydrogens (tertiary/aromatic N) is 4. The van der Waals surface area contributed by atoms with Gasteiger partial charge in [0.1, 0.15) is 6.07 Å². The van der Waals surface area contributed by atoms with Crippen LogP contribution < -0.4 is 4.90 Å². The Balaban J connectivity index is 3.40. The van der Waals surface area contributed by atoms with Crippen LogP contribution in [0.15, 0.2) is 17.2 Å². The molecule has 0 saturated heterocycles. The van der Waals surface area contributed by atoms with E-state index in [-0.39, 0.29) is 11.5 Å². The van der Waals surface area contributed by atoms with Crippen LogP contribution in [0.25, 0.3) is 0 Å². The van der Waals surface area contributed by atoms with Crippen molar-refractivity contribution in [3.63, 3.8) is 0 Å². The summed E-state index contributed by atoms with van der Waals surface area (Å²) in [5.41, 5.74) is 3.11. The maximum Gasteiger partial charge on any atom is 0.215 e. The third-order valence-electron chi connectivity index (χ3n) is 3.91. The second-order valence-corrected chi connectivity index (χ2v) is 6.70. The van der Waals surface area contributed by atoms with Gasteiger partial charge in [0.05, 0.1) is 6.04 Å². The normalized spacial score (nSPS) is 12.3. The quantitative estimate of drug-likeness (QED) is 0.631. The molecular weight excluding hydrogens is 276 g/mol. The fourth-order valence-electron chi connectivity index (χ4n) is 2.13. The number of rotatable bonds is 4. The number of hydrogen-bond acceptors (Lipinski definition) is 4. The number of carbonyl (C=O) groups excluding carboxylic acids is 1. The molecule has 22 heavy (non-hydrogen) atoms. The highest BCUT2D eigenvalue weighted by molar-refractivity contribution is 5.75. The van der Waals surface area contributed by atoms with E-state index in [4.69, 9.17) is 0 Å². The molecule has 0 aromatic carbocycles. The minimum Gasteiger partial charge on any atom is -0.291 e. The number of anilines is 1. The van der Waals surface area contributed by atoms with Crippen LogP contribution in [-0.4, -0.2) is 22.6 Å². The van der Waals surface area contributed by atoms with E-state index in [1.54, 1.807) is 11.0 Å². The van der Waals surface area contributed by atoms with Crippen LogP contribution in [0, 0.1) is 11.3 Å². The minimum atomic E-state index is -0.251. The van der Waals surface area contributed by atoms with Crippen LogP contribution >= 0.6 is 0 Å². The molecule has 1 rings (SSSR count). The summed E-state index contributed by atoms with van der Waals surface area (Å²) >= 11 is 0. The van der Waals surface area contributed by atoms with Gasteiger partial charge in [-0.25, -0.2) is 0 Å². The Bertz CT molecular complexity index is 631. The van der Waals surface area contributed by atoms with Gasteiger partial charge in [-0.05, 0) is 44.7 Å². The molecule has 5 nitrogen and oxygen atoms in total. The number of nitriles is 1. The molecule has 1 heterocycles. The lowest BCUT2D eigenvalue weighted by atomic mass is 9.86. The zero-order chi connectivity index (χ0) is 17.1. The Labute approximate surface area is 132 Å². The Hall–Kier alpha value is -2.22. The summed E-state index contributed by atoms with van der Waals surface area (Å²) < 4.78 is 0. The first-order valence-electron chi connectivity index (χ1n) is 7.29. The van der Waals surface area contributed by atoms with Gasteiger partial charge >= 0.3 is 0 Å². The Kier molecular flexibility index (Phi) is 5.43. The third-order valence-corrected chi connectivity index (χ3v) is 3.91. The molecule has 1 amide bonds. The molecule has 1 aromatic rings. The lowest BCUT2D eigenvalue weighted by Gasteiger charge is -2.27. The highest BCUT2D eigenvalue weighted by atomic mass is 16.1. The predicted molar refractivity (Wildman–Crippen MR) is 87.5 cm³/mol. The maximum atomic E-state index is 11.6. The van der Waals surface area contributed by atoms with Crippen LogP contribution in [-0.2, 0) is 10.2 Å². The zero-order valence-electron chi connectivity index (χ0n) is 14.4. The van der Waals surface area contributed by atoms with Gasteiger partial charge in [-0.1, -0.05) is 31.9 Å². The van der Waals surface area contributed by atoms with E-state index in [0.717, 1.165) is 23.1 Å². The highest BCUT2D eigenvalue weighted by Gasteiger charge is 2.24. The van der Waals surface area contributed by atoms with Crippen LogP contribution in [0.4, 0.5) is 5.82 Å². The average molecular weight is 300 g/mol. The molecule has 0 saturated carbocycles. The predicted octanol–water partition coefficient (Wildman–Crippen LogP) is 3.35. The van der Waals surface area contributed by atoms with E-state index in [9.17, 15) is 10.1 Å². The fourth-order valence-corrected chi connectivity index (χ4v) is 2.13. The fraction of sp³-hybridized carbons (Fsp3) is 0.529. The maximum absolute atomic E-state index is 11.6. The van der Waals surface area contributed by atoms with E-state index in [1.807, 2.05) is 48.5 Å². The highest BCUT2D eigenvalue weighted by Crippen LogP contribution is 2.28. The molecule has 5 heteroatoms. The number of carbonyl (C=O) groups is 1. The van der Waals surface area contributed by atoms with Gasteiger partial charge < -0.3 is 0 Å². The molecule has 1 atom stereocenters. The second-order valence-electron chi connectivity index (χ2n) is 6.70. The standard InChI is InChI=1S/C17H24N4O/c1-11(2)12(3)13(4)21(10-22)16-8-14(17(5,6)7)15(9-18)19-20-16/h8,10,13H,1-7H3. The van der Waals surface area contributed by atoms with Gasteiger partial charge in [-0.2, -0.15) is 5.26 Å². The first-order valence-corrected chi connectivity index (χ1v) is 7.29. The lowest BCUT2D eigenvalue weighted by molar-refractivity contribution is -0.107. The molecule has 0 bridgehead atoms. The Morgan fingerprint density at radius 2 is 1.91 bits per heavy atom. The van der Waals surface area contributed by atoms with Crippen molar-refractivity contribution in [2.24, 2.45) is 0 Å². The van der Waals surface area contributed by atoms with Gasteiger partial charge in [0.25, 0.3) is 0 Å². The summed E-state index contributed by atoms with van der Waals surface area (Å²) in [6, 6.07) is 3.74. The van der Waals surface area contributed by atoms with E-state index in [0.29, 0.717) is 11.5 Å². The van der Waals surface area contributed by atoms with Crippen molar-refractivity contribution in [2.75, 3.05) is 4.90 Å². The van der Waals surface area contributed by atoms with E-state index >= 15 is 0 Å². The molecule has 0 N–H and O–H groups in total. The van der Waals surface area contributed by atoms with Gasteiger partial charge in [-0.3, -0.25) is 9.69 Å². The summed E-state index contributed by atoms with van der Waals surface area (Å²) in [5.74, 6) is 0.465. The molecule has 0 fully saturated rings. The molecule has 0 radical (unpaired) electrons. The zero-order valence-corrected chi connectivity index (χ0v) is 14.4. The topological polar surface area (TPSA) is 69.9 Å². The number of hydrogen-bond donors (Lipinski definition) is 0. The summed E-state index contributed by atoms with van der Waals surface area (Å²) in [6.45, 7) is 14.0. The van der Waals surface area contributed by atoms with E-state index in [1.165, 1.54) is 0 Å². The summed E-state index contributed by atoms with van der Waals surface area (Å²) in [6.07, 6.45) is 0.763. The summed E-state index contributed by atoms with van der Waals surface area (Å²) in [5, 5.41) is 17.2. The van der Waals surface area contributed by atoms with Gasteiger partial charge in [0, 0.05) is 0 Å². The minimum absolute atomic E-state index is 0.113. The van der Waals surface area contributed by atoms with Crippen molar-refractivity contribution < 1.29 is 4.79 Å². The molecule has 1 aromatic heterocycles. The van der Waals surface area contributed by atoms with Gasteiger partial charge in [0.15, 0.2) is 11.5 Å². The molecule has 0 aliphatic heterocycles. The summed E-state index contributed by atoms with van der Waals surface area (Å²) in [4.78, 5) is 13.1. The van der Waals surface area contributed by atoms with Gasteiger partial charge in [-0.15, -0.1) is 10.2 Å². The molecular formula is C17H24N4O. The van der Waals surface area contributed by atoms with Crippen LogP contribution in [0.3, 0.4) is 0 Å². The molecule has 0 aliphatic rings. The van der Waals surface area contributed by atoms with Gasteiger partial charge in [0.2, 0.25) is 6.41 Å². The van der Waals surface area contributed by atoms with Crippen LogP contribution in [0.2, 0.25) is 0 Å². The van der Waals surface area contributed by atoms with E-state index < -0.39 is 0 Å². The second kappa shape index (κ2) is 6.69. The monoisotopic (exact) mass is 300 g/mol. The number of amides is 1. The third kappa shape index (κ3) is 3.70. The largest absolute Gasteiger partial charge is 0.291 e. The average Bonchev–Trinajstić information content (AvgIpc) is 2.45. The van der Waals surface area contributed by atoms with Crippen molar-refractivity contribution >= 4 is 12.2 Å². The van der Waals surface area contributed by atoms with Crippen molar-refractivity contribution in [1.82, 2.24) is 10.2 Å². The molecule has 1 unspecified atom stereocenters. The van der Waals surface area contributed by atoms with E-state index in [2.05, 4.69) is 16.3 Å². The number of aromatic nitrogens is 2. The lowest BCUT2D eigenvalue weighted by Crippen LogP contribution is -2.34. The SMILES string of the molecule is CC(C)=C(C)C(C)N(C=O)c1cc(C(C)(C)C)c(C#N)nn1. The summed E-state index contributed by atoms with van der Waals surface area (Å²) in [7, 11) is 0. The molecule has 0 aliphatic carbocycles. The van der Waals surface area contributed by atoms with Crippen molar-refractivity contribution in [1.29, 1.82) is 5.26 Å².